The molecule has 0 aliphatic heterocycles. The molecule has 0 aliphatic carbocycles. The van der Waals surface area contributed by atoms with E-state index in [1.54, 1.807) is 19.9 Å². The Morgan fingerprint density at radius 3 is 2.71 bits per heavy atom. The summed E-state index contributed by atoms with van der Waals surface area (Å²) in [5.41, 5.74) is 0. The highest BCUT2D eigenvalue weighted by molar-refractivity contribution is 8.01. The molecule has 0 aliphatic rings. The maximum atomic E-state index is 11.9. The molecular formula is C13H22N4O3S. The fraction of sp³-hybridized carbons (Fsp3) is 0.615. The van der Waals surface area contributed by atoms with Crippen LogP contribution in [0.2, 0.25) is 0 Å². The van der Waals surface area contributed by atoms with Crippen LogP contribution < -0.4 is 16.0 Å². The van der Waals surface area contributed by atoms with Gasteiger partial charge >= 0.3 is 0 Å². The lowest BCUT2D eigenvalue weighted by Crippen LogP contribution is -2.38. The Morgan fingerprint density at radius 2 is 2.14 bits per heavy atom. The Balaban J connectivity index is 2.27. The molecule has 1 heterocycles. The molecule has 0 aromatic carbocycles. The number of anilines is 1. The summed E-state index contributed by atoms with van der Waals surface area (Å²) in [5, 5.41) is 11.8. The summed E-state index contributed by atoms with van der Waals surface area (Å²) in [5.74, 6) is 0.965. The Morgan fingerprint density at radius 1 is 1.43 bits per heavy atom. The van der Waals surface area contributed by atoms with Gasteiger partial charge in [0.1, 0.15) is 5.76 Å². The van der Waals surface area contributed by atoms with Gasteiger partial charge in [-0.05, 0) is 27.8 Å². The van der Waals surface area contributed by atoms with E-state index in [1.165, 1.54) is 11.8 Å². The van der Waals surface area contributed by atoms with E-state index >= 15 is 0 Å². The van der Waals surface area contributed by atoms with Crippen LogP contribution >= 0.6 is 11.8 Å². The number of hydrogen-bond donors (Lipinski definition) is 3. The van der Waals surface area contributed by atoms with Crippen molar-refractivity contribution in [2.45, 2.75) is 32.1 Å². The van der Waals surface area contributed by atoms with Crippen LogP contribution in [0.25, 0.3) is 0 Å². The van der Waals surface area contributed by atoms with Crippen molar-refractivity contribution >= 4 is 29.4 Å². The summed E-state index contributed by atoms with van der Waals surface area (Å²) in [6, 6.07) is 1.86. The molecule has 2 amide bonds. The zero-order chi connectivity index (χ0) is 15.8. The SMILES string of the molecule is CNC(C)CNC(=O)CSC(C)C(=O)Nc1cc(C)on1. The fourth-order valence-corrected chi connectivity index (χ4v) is 2.06. The number of nitrogens with zero attached hydrogens (tertiary/aromatic N) is 1. The second kappa shape index (κ2) is 8.68. The van der Waals surface area contributed by atoms with Gasteiger partial charge in [0, 0.05) is 18.7 Å². The van der Waals surface area contributed by atoms with Crippen LogP contribution in [0.5, 0.6) is 0 Å². The molecule has 21 heavy (non-hydrogen) atoms. The topological polar surface area (TPSA) is 96.3 Å². The minimum absolute atomic E-state index is 0.0842. The number of amides is 2. The lowest BCUT2D eigenvalue weighted by atomic mass is 10.3. The van der Waals surface area contributed by atoms with Gasteiger partial charge in [-0.25, -0.2) is 0 Å². The van der Waals surface area contributed by atoms with Gasteiger partial charge in [0.15, 0.2) is 5.82 Å². The summed E-state index contributed by atoms with van der Waals surface area (Å²) in [6.07, 6.45) is 0. The summed E-state index contributed by atoms with van der Waals surface area (Å²) in [4.78, 5) is 23.5. The molecule has 0 fully saturated rings. The number of carbonyl (C=O) groups excluding carboxylic acids is 2. The van der Waals surface area contributed by atoms with Gasteiger partial charge in [-0.15, -0.1) is 11.8 Å². The van der Waals surface area contributed by atoms with Gasteiger partial charge in [0.2, 0.25) is 11.8 Å². The molecule has 7 nitrogen and oxygen atoms in total. The van der Waals surface area contributed by atoms with E-state index in [9.17, 15) is 9.59 Å². The zero-order valence-electron chi connectivity index (χ0n) is 12.7. The number of aromatic nitrogens is 1. The summed E-state index contributed by atoms with van der Waals surface area (Å²) >= 11 is 1.28. The summed E-state index contributed by atoms with van der Waals surface area (Å²) in [7, 11) is 1.84. The molecule has 0 bridgehead atoms. The first-order valence-electron chi connectivity index (χ1n) is 6.72. The standard InChI is InChI=1S/C13H22N4O3S/c1-8(14-4)6-15-12(18)7-21-10(3)13(19)16-11-5-9(2)20-17-11/h5,8,10,14H,6-7H2,1-4H3,(H,15,18)(H,16,17,19). The molecule has 0 radical (unpaired) electrons. The van der Waals surface area contributed by atoms with E-state index in [4.69, 9.17) is 4.52 Å². The number of hydrogen-bond acceptors (Lipinski definition) is 6. The third-order valence-electron chi connectivity index (χ3n) is 2.81. The third-order valence-corrected chi connectivity index (χ3v) is 3.95. The molecule has 1 rings (SSSR count). The van der Waals surface area contributed by atoms with Crippen LogP contribution in [0.15, 0.2) is 10.6 Å². The van der Waals surface area contributed by atoms with Crippen LogP contribution in [0.3, 0.4) is 0 Å². The smallest absolute Gasteiger partial charge is 0.238 e. The predicted octanol–water partition coefficient (Wildman–Crippen LogP) is 0.767. The van der Waals surface area contributed by atoms with Gasteiger partial charge < -0.3 is 20.5 Å². The lowest BCUT2D eigenvalue weighted by molar-refractivity contribution is -0.118. The molecule has 0 saturated heterocycles. The van der Waals surface area contributed by atoms with Crippen molar-refractivity contribution in [3.63, 3.8) is 0 Å². The number of nitrogens with one attached hydrogen (secondary N) is 3. The van der Waals surface area contributed by atoms with Crippen LogP contribution in [-0.4, -0.2) is 47.6 Å². The van der Waals surface area contributed by atoms with Gasteiger partial charge in [0.05, 0.1) is 11.0 Å². The van der Waals surface area contributed by atoms with E-state index in [0.717, 1.165) is 0 Å². The number of thioether (sulfide) groups is 1. The number of rotatable bonds is 8. The first kappa shape index (κ1) is 17.5. The molecule has 0 saturated carbocycles. The van der Waals surface area contributed by atoms with Gasteiger partial charge in [0.25, 0.3) is 0 Å². The fourth-order valence-electron chi connectivity index (χ4n) is 1.35. The van der Waals surface area contributed by atoms with Gasteiger partial charge in [-0.3, -0.25) is 9.59 Å². The van der Waals surface area contributed by atoms with Gasteiger partial charge in [-0.2, -0.15) is 0 Å². The van der Waals surface area contributed by atoms with Crippen molar-refractivity contribution in [2.24, 2.45) is 0 Å². The van der Waals surface area contributed by atoms with Crippen molar-refractivity contribution < 1.29 is 14.1 Å². The largest absolute Gasteiger partial charge is 0.360 e. The maximum Gasteiger partial charge on any atom is 0.238 e. The molecule has 8 heteroatoms. The number of likely N-dealkylation sites (N-methyl/N-ethyl adjacent to an activating group) is 1. The average Bonchev–Trinajstić information content (AvgIpc) is 2.86. The highest BCUT2D eigenvalue weighted by Gasteiger charge is 2.16. The monoisotopic (exact) mass is 314 g/mol. The molecule has 1 aromatic heterocycles. The third kappa shape index (κ3) is 6.63. The Kier molecular flexibility index (Phi) is 7.24. The van der Waals surface area contributed by atoms with Crippen LogP contribution in [0.1, 0.15) is 19.6 Å². The Hall–Kier alpha value is -1.54. The summed E-state index contributed by atoms with van der Waals surface area (Å²) < 4.78 is 4.87. The van der Waals surface area contributed by atoms with Gasteiger partial charge in [-0.1, -0.05) is 5.16 Å². The van der Waals surface area contributed by atoms with E-state index in [-0.39, 0.29) is 28.9 Å². The Labute approximate surface area is 128 Å². The molecule has 2 unspecified atom stereocenters. The first-order valence-corrected chi connectivity index (χ1v) is 7.77. The number of aryl methyl sites for hydroxylation is 1. The van der Waals surface area contributed by atoms with E-state index in [1.807, 2.05) is 14.0 Å². The molecular weight excluding hydrogens is 292 g/mol. The van der Waals surface area contributed by atoms with E-state index in [2.05, 4.69) is 21.1 Å². The molecule has 2 atom stereocenters. The van der Waals surface area contributed by atoms with E-state index in [0.29, 0.717) is 18.1 Å². The normalized spacial score (nSPS) is 13.5. The van der Waals surface area contributed by atoms with Crippen molar-refractivity contribution in [3.8, 4) is 0 Å². The maximum absolute atomic E-state index is 11.9. The average molecular weight is 314 g/mol. The first-order chi connectivity index (χ1) is 9.92. The number of carbonyl (C=O) groups is 2. The molecule has 0 spiro atoms. The highest BCUT2D eigenvalue weighted by Crippen LogP contribution is 2.14. The van der Waals surface area contributed by atoms with Crippen LogP contribution in [-0.2, 0) is 9.59 Å². The molecule has 118 valence electrons. The Bertz CT molecular complexity index is 478. The molecule has 1 aromatic rings. The van der Waals surface area contributed by atoms with Crippen molar-refractivity contribution in [2.75, 3.05) is 24.7 Å². The highest BCUT2D eigenvalue weighted by atomic mass is 32.2. The van der Waals surface area contributed by atoms with Crippen LogP contribution in [0, 0.1) is 6.92 Å². The zero-order valence-corrected chi connectivity index (χ0v) is 13.5. The van der Waals surface area contributed by atoms with E-state index < -0.39 is 0 Å². The van der Waals surface area contributed by atoms with Crippen molar-refractivity contribution in [1.82, 2.24) is 15.8 Å². The molecule has 3 N–H and O–H groups in total. The van der Waals surface area contributed by atoms with Crippen molar-refractivity contribution in [1.29, 1.82) is 0 Å². The second-order valence-corrected chi connectivity index (χ2v) is 6.09. The summed E-state index contributed by atoms with van der Waals surface area (Å²) in [6.45, 7) is 6.03. The predicted molar refractivity (Wildman–Crippen MR) is 83.3 cm³/mol. The quantitative estimate of drug-likeness (QED) is 0.656. The van der Waals surface area contributed by atoms with Crippen molar-refractivity contribution in [3.05, 3.63) is 11.8 Å². The van der Waals surface area contributed by atoms with Crippen LogP contribution in [0.4, 0.5) is 5.82 Å². The minimum atomic E-state index is -0.352. The second-order valence-electron chi connectivity index (χ2n) is 4.76. The minimum Gasteiger partial charge on any atom is -0.360 e. The lowest BCUT2D eigenvalue weighted by Gasteiger charge is -2.13.